The Balaban J connectivity index is 4.35. The SMILES string of the molecule is CCCCC/C=C\C/C=C\CCCCCCCC(=O)OC[C@H](COC(=O)CCCCCCCCCCCCCCCCC)OC(=O)CCCCCCCCCCCCCCC. The fourth-order valence-electron chi connectivity index (χ4n) is 7.89. The van der Waals surface area contributed by atoms with Gasteiger partial charge in [0.15, 0.2) is 6.10 Å². The van der Waals surface area contributed by atoms with Crippen LogP contribution in [0.2, 0.25) is 0 Å². The summed E-state index contributed by atoms with van der Waals surface area (Å²) in [5.74, 6) is -0.868. The van der Waals surface area contributed by atoms with Gasteiger partial charge in [0.25, 0.3) is 0 Å². The van der Waals surface area contributed by atoms with Gasteiger partial charge in [-0.15, -0.1) is 0 Å². The van der Waals surface area contributed by atoms with Crippen LogP contribution in [-0.2, 0) is 28.6 Å². The summed E-state index contributed by atoms with van der Waals surface area (Å²) in [7, 11) is 0. The van der Waals surface area contributed by atoms with Gasteiger partial charge < -0.3 is 14.2 Å². The van der Waals surface area contributed by atoms with Crippen molar-refractivity contribution < 1.29 is 28.6 Å². The van der Waals surface area contributed by atoms with Gasteiger partial charge in [-0.1, -0.05) is 244 Å². The van der Waals surface area contributed by atoms with Gasteiger partial charge in [-0.25, -0.2) is 0 Å². The fraction of sp³-hybridized carbons (Fsp3) is 0.873. The van der Waals surface area contributed by atoms with Crippen LogP contribution >= 0.6 is 0 Å². The van der Waals surface area contributed by atoms with Gasteiger partial charge in [0.1, 0.15) is 13.2 Å². The Morgan fingerprint density at radius 3 is 0.934 bits per heavy atom. The first-order chi connectivity index (χ1) is 30.0. The number of hydrogen-bond acceptors (Lipinski definition) is 6. The second-order valence-corrected chi connectivity index (χ2v) is 18.2. The third-order valence-electron chi connectivity index (χ3n) is 12.0. The molecule has 61 heavy (non-hydrogen) atoms. The largest absolute Gasteiger partial charge is 0.462 e. The maximum Gasteiger partial charge on any atom is 0.306 e. The Morgan fingerprint density at radius 2 is 0.590 bits per heavy atom. The first-order valence-electron chi connectivity index (χ1n) is 26.8. The van der Waals surface area contributed by atoms with E-state index in [1.54, 1.807) is 0 Å². The minimum absolute atomic E-state index is 0.0705. The highest BCUT2D eigenvalue weighted by Crippen LogP contribution is 2.16. The number of allylic oxidation sites excluding steroid dienone is 4. The highest BCUT2D eigenvalue weighted by molar-refractivity contribution is 5.71. The standard InChI is InChI=1S/C55H102O6/c1-4-7-10-13-16-19-22-25-27-30-32-35-38-41-44-47-53(56)59-50-52(61-55(58)49-46-43-40-37-34-29-24-21-18-15-12-9-6-3)51-60-54(57)48-45-42-39-36-33-31-28-26-23-20-17-14-11-8-5-2/h16,19,25,27,52H,4-15,17-18,20-24,26,28-51H2,1-3H3/b19-16-,27-25-/t52-/m1/s1. The van der Waals surface area contributed by atoms with Crippen molar-refractivity contribution in [3.05, 3.63) is 24.3 Å². The topological polar surface area (TPSA) is 78.9 Å². The lowest BCUT2D eigenvalue weighted by atomic mass is 10.0. The first kappa shape index (κ1) is 58.9. The number of carbonyl (C=O) groups is 3. The molecule has 0 aliphatic heterocycles. The summed E-state index contributed by atoms with van der Waals surface area (Å²) in [6.07, 6.45) is 57.3. The molecule has 0 fully saturated rings. The van der Waals surface area contributed by atoms with Crippen molar-refractivity contribution in [2.24, 2.45) is 0 Å². The van der Waals surface area contributed by atoms with Gasteiger partial charge in [-0.2, -0.15) is 0 Å². The predicted octanol–water partition coefficient (Wildman–Crippen LogP) is 17.5. The summed E-state index contributed by atoms with van der Waals surface area (Å²) < 4.78 is 16.8. The van der Waals surface area contributed by atoms with Gasteiger partial charge in [0.2, 0.25) is 0 Å². The molecule has 6 heteroatoms. The molecule has 0 N–H and O–H groups in total. The Labute approximate surface area is 379 Å². The molecule has 0 aromatic heterocycles. The fourth-order valence-corrected chi connectivity index (χ4v) is 7.89. The van der Waals surface area contributed by atoms with Crippen molar-refractivity contribution in [3.63, 3.8) is 0 Å². The van der Waals surface area contributed by atoms with E-state index in [4.69, 9.17) is 14.2 Å². The zero-order valence-electron chi connectivity index (χ0n) is 40.9. The highest BCUT2D eigenvalue weighted by Gasteiger charge is 2.19. The van der Waals surface area contributed by atoms with E-state index < -0.39 is 6.10 Å². The van der Waals surface area contributed by atoms with Crippen LogP contribution in [0.15, 0.2) is 24.3 Å². The monoisotopic (exact) mass is 859 g/mol. The van der Waals surface area contributed by atoms with E-state index >= 15 is 0 Å². The molecule has 0 unspecified atom stereocenters. The van der Waals surface area contributed by atoms with Crippen LogP contribution in [0, 0.1) is 0 Å². The maximum atomic E-state index is 12.8. The van der Waals surface area contributed by atoms with E-state index in [0.29, 0.717) is 19.3 Å². The van der Waals surface area contributed by atoms with Gasteiger partial charge >= 0.3 is 17.9 Å². The molecule has 0 radical (unpaired) electrons. The number of hydrogen-bond donors (Lipinski definition) is 0. The summed E-state index contributed by atoms with van der Waals surface area (Å²) in [5.41, 5.74) is 0. The third-order valence-corrected chi connectivity index (χ3v) is 12.0. The van der Waals surface area contributed by atoms with Gasteiger partial charge in [-0.05, 0) is 51.4 Å². The van der Waals surface area contributed by atoms with E-state index in [9.17, 15) is 14.4 Å². The minimum atomic E-state index is -0.770. The Hall–Kier alpha value is -2.11. The normalized spacial score (nSPS) is 12.1. The quantitative estimate of drug-likeness (QED) is 0.0262. The van der Waals surface area contributed by atoms with Crippen molar-refractivity contribution in [2.45, 2.75) is 297 Å². The molecule has 358 valence electrons. The van der Waals surface area contributed by atoms with Crippen LogP contribution in [-0.4, -0.2) is 37.2 Å². The molecule has 1 atom stereocenters. The predicted molar refractivity (Wildman–Crippen MR) is 261 cm³/mol. The Kier molecular flexibility index (Phi) is 48.8. The van der Waals surface area contributed by atoms with E-state index in [2.05, 4.69) is 45.1 Å². The van der Waals surface area contributed by atoms with Crippen LogP contribution in [0.1, 0.15) is 290 Å². The number of rotatable bonds is 49. The third kappa shape index (κ3) is 48.8. The van der Waals surface area contributed by atoms with Gasteiger partial charge in [0.05, 0.1) is 0 Å². The summed E-state index contributed by atoms with van der Waals surface area (Å²) in [5, 5.41) is 0. The summed E-state index contributed by atoms with van der Waals surface area (Å²) in [6, 6.07) is 0. The van der Waals surface area contributed by atoms with Crippen molar-refractivity contribution in [1.82, 2.24) is 0 Å². The maximum absolute atomic E-state index is 12.8. The average Bonchev–Trinajstić information content (AvgIpc) is 3.26. The Bertz CT molecular complexity index is 989. The van der Waals surface area contributed by atoms with E-state index in [0.717, 1.165) is 77.0 Å². The molecule has 0 amide bonds. The Morgan fingerprint density at radius 1 is 0.328 bits per heavy atom. The smallest absolute Gasteiger partial charge is 0.306 e. The second-order valence-electron chi connectivity index (χ2n) is 18.2. The summed E-state index contributed by atoms with van der Waals surface area (Å²) >= 11 is 0. The lowest BCUT2D eigenvalue weighted by molar-refractivity contribution is -0.167. The van der Waals surface area contributed by atoms with Crippen molar-refractivity contribution in [3.8, 4) is 0 Å². The molecule has 6 nitrogen and oxygen atoms in total. The van der Waals surface area contributed by atoms with Crippen LogP contribution in [0.25, 0.3) is 0 Å². The number of esters is 3. The first-order valence-corrected chi connectivity index (χ1v) is 26.8. The molecule has 0 heterocycles. The van der Waals surface area contributed by atoms with Crippen molar-refractivity contribution >= 4 is 17.9 Å². The van der Waals surface area contributed by atoms with Gasteiger partial charge in [-0.3, -0.25) is 14.4 Å². The molecule has 0 aliphatic carbocycles. The van der Waals surface area contributed by atoms with E-state index in [1.165, 1.54) is 173 Å². The lowest BCUT2D eigenvalue weighted by Crippen LogP contribution is -2.30. The van der Waals surface area contributed by atoms with Crippen LogP contribution in [0.4, 0.5) is 0 Å². The van der Waals surface area contributed by atoms with Crippen LogP contribution in [0.3, 0.4) is 0 Å². The molecule has 0 aliphatic rings. The molecule has 0 aromatic carbocycles. The minimum Gasteiger partial charge on any atom is -0.462 e. The molecular formula is C55H102O6. The lowest BCUT2D eigenvalue weighted by Gasteiger charge is -2.18. The van der Waals surface area contributed by atoms with Crippen LogP contribution in [0.5, 0.6) is 0 Å². The van der Waals surface area contributed by atoms with Crippen molar-refractivity contribution in [2.75, 3.05) is 13.2 Å². The number of unbranched alkanes of at least 4 members (excludes halogenated alkanes) is 34. The second kappa shape index (κ2) is 50.5. The zero-order valence-corrected chi connectivity index (χ0v) is 40.9. The molecule has 0 spiro atoms. The molecule has 0 saturated carbocycles. The average molecular weight is 859 g/mol. The summed E-state index contributed by atoms with van der Waals surface area (Å²) in [6.45, 7) is 6.63. The number of carbonyl (C=O) groups excluding carboxylic acids is 3. The highest BCUT2D eigenvalue weighted by atomic mass is 16.6. The van der Waals surface area contributed by atoms with Gasteiger partial charge in [0, 0.05) is 19.3 Å². The molecule has 0 bridgehead atoms. The molecular weight excluding hydrogens is 757 g/mol. The zero-order chi connectivity index (χ0) is 44.4. The van der Waals surface area contributed by atoms with E-state index in [1.807, 2.05) is 0 Å². The molecule has 0 saturated heterocycles. The molecule has 0 aromatic rings. The van der Waals surface area contributed by atoms with Crippen LogP contribution < -0.4 is 0 Å². The molecule has 0 rings (SSSR count). The van der Waals surface area contributed by atoms with E-state index in [-0.39, 0.29) is 31.1 Å². The summed E-state index contributed by atoms with van der Waals surface area (Å²) in [4.78, 5) is 38.0. The van der Waals surface area contributed by atoms with Crippen molar-refractivity contribution in [1.29, 1.82) is 0 Å². The number of ether oxygens (including phenoxy) is 3.